The fourth-order valence-electron chi connectivity index (χ4n) is 6.14. The minimum atomic E-state index is -1.92. The van der Waals surface area contributed by atoms with Crippen molar-refractivity contribution in [2.45, 2.75) is 157 Å². The largest absolute Gasteiger partial charge is 0.394 e. The van der Waals surface area contributed by atoms with Crippen LogP contribution < -0.4 is 5.32 Å². The average molecular weight is 718 g/mol. The van der Waals surface area contributed by atoms with Gasteiger partial charge in [-0.05, 0) is 20.3 Å². The minimum Gasteiger partial charge on any atom is -0.394 e. The van der Waals surface area contributed by atoms with Gasteiger partial charge in [0, 0.05) is 13.5 Å². The van der Waals surface area contributed by atoms with Crippen molar-refractivity contribution in [3.63, 3.8) is 0 Å². The molecule has 4 heterocycles. The molecule has 11 N–H and O–H groups in total. The van der Waals surface area contributed by atoms with Crippen molar-refractivity contribution in [3.05, 3.63) is 0 Å². The van der Waals surface area contributed by atoms with Crippen molar-refractivity contribution in [2.24, 2.45) is 0 Å². The van der Waals surface area contributed by atoms with E-state index in [4.69, 9.17) is 37.9 Å². The Bertz CT molecular complexity index is 1040. The molecule has 20 nitrogen and oxygen atoms in total. The Labute approximate surface area is 281 Å². The first-order chi connectivity index (χ1) is 23.1. The van der Waals surface area contributed by atoms with Crippen LogP contribution in [-0.4, -0.2) is 200 Å². The van der Waals surface area contributed by atoms with Crippen molar-refractivity contribution >= 4 is 5.91 Å². The van der Waals surface area contributed by atoms with Gasteiger partial charge in [-0.15, -0.1) is 0 Å². The summed E-state index contributed by atoms with van der Waals surface area (Å²) in [5, 5.41) is 108. The molecule has 0 aromatic heterocycles. The Morgan fingerprint density at radius 1 is 0.592 bits per heavy atom. The number of carbonyl (C=O) groups excluding carboxylic acids is 1. The molecule has 0 saturated carbocycles. The molecular weight excluding hydrogens is 666 g/mol. The smallest absolute Gasteiger partial charge is 0.217 e. The molecule has 4 saturated heterocycles. The van der Waals surface area contributed by atoms with Gasteiger partial charge in [0.2, 0.25) is 5.91 Å². The molecule has 1 amide bonds. The normalized spacial score (nSPS) is 49.4. The highest BCUT2D eigenvalue weighted by Gasteiger charge is 2.56. The summed E-state index contributed by atoms with van der Waals surface area (Å²) in [6.45, 7) is 4.45. The van der Waals surface area contributed by atoms with Crippen LogP contribution in [0.25, 0.3) is 0 Å². The number of aliphatic hydroxyl groups excluding tert-OH is 10. The highest BCUT2D eigenvalue weighted by atomic mass is 16.8. The topological polar surface area (TPSA) is 305 Å². The third-order valence-corrected chi connectivity index (χ3v) is 9.00. The van der Waals surface area contributed by atoms with Gasteiger partial charge in [-0.3, -0.25) is 4.79 Å². The van der Waals surface area contributed by atoms with E-state index < -0.39 is 142 Å². The Morgan fingerprint density at radius 3 is 1.71 bits per heavy atom. The number of hydrogen-bond donors (Lipinski definition) is 11. The summed E-state index contributed by atoms with van der Waals surface area (Å²) < 4.78 is 47.0. The molecule has 1 unspecified atom stereocenters. The molecule has 4 rings (SSSR count). The number of aliphatic hydroxyl groups is 10. The molecule has 0 radical (unpaired) electrons. The van der Waals surface area contributed by atoms with Gasteiger partial charge in [-0.1, -0.05) is 6.92 Å². The van der Waals surface area contributed by atoms with E-state index in [1.54, 1.807) is 0 Å². The molecule has 20 atom stereocenters. The van der Waals surface area contributed by atoms with E-state index in [-0.39, 0.29) is 6.61 Å². The second-order valence-electron chi connectivity index (χ2n) is 12.7. The molecule has 20 heteroatoms. The molecule has 0 aromatic carbocycles. The molecule has 4 aliphatic heterocycles. The van der Waals surface area contributed by atoms with Gasteiger partial charge in [-0.25, -0.2) is 0 Å². The minimum absolute atomic E-state index is 0.167. The quantitative estimate of drug-likeness (QED) is 0.0895. The Morgan fingerprint density at radius 2 is 1.12 bits per heavy atom. The maximum absolute atomic E-state index is 12.1. The fourth-order valence-corrected chi connectivity index (χ4v) is 6.14. The predicted octanol–water partition coefficient (Wildman–Crippen LogP) is -6.12. The highest BCUT2D eigenvalue weighted by Crippen LogP contribution is 2.36. The molecule has 4 aliphatic rings. The van der Waals surface area contributed by atoms with Crippen molar-refractivity contribution < 1.29 is 93.8 Å². The van der Waals surface area contributed by atoms with Crippen LogP contribution in [0.5, 0.6) is 0 Å². The monoisotopic (exact) mass is 717 g/mol. The van der Waals surface area contributed by atoms with E-state index in [9.17, 15) is 55.9 Å². The van der Waals surface area contributed by atoms with Crippen molar-refractivity contribution in [3.8, 4) is 0 Å². The fraction of sp³-hybridized carbons (Fsp3) is 0.966. The summed E-state index contributed by atoms with van der Waals surface area (Å²) in [6.07, 6.45) is -29.3. The third-order valence-electron chi connectivity index (χ3n) is 9.00. The number of rotatable bonds is 12. The molecule has 4 fully saturated rings. The number of amides is 1. The zero-order chi connectivity index (χ0) is 36.3. The first-order valence-electron chi connectivity index (χ1n) is 16.3. The summed E-state index contributed by atoms with van der Waals surface area (Å²) in [6, 6.07) is -1.49. The highest BCUT2D eigenvalue weighted by molar-refractivity contribution is 5.73. The van der Waals surface area contributed by atoms with Crippen molar-refractivity contribution in [2.75, 3.05) is 19.8 Å². The summed E-state index contributed by atoms with van der Waals surface area (Å²) in [5.74, 6) is -0.673. The van der Waals surface area contributed by atoms with E-state index in [0.717, 1.165) is 6.92 Å². The lowest BCUT2D eigenvalue weighted by molar-refractivity contribution is -0.401. The SMILES string of the molecule is CCCO[C@@H]1OC(C)[C@H](O)[C@@H](O)[C@H]1O[C@@H]1O[C@@H](C)[C@H](O)[C@@H](O[C@H]2O[C@H](CO)[C@@H](O)[C@H](O)[C@H]2O)[C@H]1O[C@@H]1O[C@H](CO)[C@@H](O)[C@H](O)[C@H]1NC(C)=O. The van der Waals surface area contributed by atoms with Gasteiger partial charge in [0.25, 0.3) is 0 Å². The van der Waals surface area contributed by atoms with E-state index in [1.165, 1.54) is 13.8 Å². The lowest BCUT2D eigenvalue weighted by Crippen LogP contribution is -2.69. The first-order valence-corrected chi connectivity index (χ1v) is 16.3. The molecule has 286 valence electrons. The van der Waals surface area contributed by atoms with Crippen LogP contribution >= 0.6 is 0 Å². The van der Waals surface area contributed by atoms with Gasteiger partial charge in [0.15, 0.2) is 25.2 Å². The summed E-state index contributed by atoms with van der Waals surface area (Å²) >= 11 is 0. The van der Waals surface area contributed by atoms with E-state index in [0.29, 0.717) is 6.42 Å². The van der Waals surface area contributed by atoms with Gasteiger partial charge in [0.05, 0.1) is 25.4 Å². The molecular formula is C29H51NO19. The van der Waals surface area contributed by atoms with Crippen LogP contribution in [0.15, 0.2) is 0 Å². The number of ether oxygens (including phenoxy) is 8. The maximum atomic E-state index is 12.1. The van der Waals surface area contributed by atoms with Crippen molar-refractivity contribution in [1.29, 1.82) is 0 Å². The lowest BCUT2D eigenvalue weighted by atomic mass is 9.95. The zero-order valence-electron chi connectivity index (χ0n) is 27.5. The summed E-state index contributed by atoms with van der Waals surface area (Å²) in [7, 11) is 0. The van der Waals surface area contributed by atoms with Gasteiger partial charge in [-0.2, -0.15) is 0 Å². The molecule has 49 heavy (non-hydrogen) atoms. The maximum Gasteiger partial charge on any atom is 0.217 e. The predicted molar refractivity (Wildman–Crippen MR) is 157 cm³/mol. The third kappa shape index (κ3) is 8.87. The second kappa shape index (κ2) is 17.5. The van der Waals surface area contributed by atoms with Crippen LogP contribution in [0.4, 0.5) is 0 Å². The van der Waals surface area contributed by atoms with Crippen LogP contribution in [-0.2, 0) is 42.7 Å². The van der Waals surface area contributed by atoms with E-state index in [1.807, 2.05) is 6.92 Å². The Balaban J connectivity index is 1.73. The molecule has 0 bridgehead atoms. The number of nitrogens with one attached hydrogen (secondary N) is 1. The van der Waals surface area contributed by atoms with E-state index >= 15 is 0 Å². The molecule has 0 aliphatic carbocycles. The van der Waals surface area contributed by atoms with Crippen LogP contribution in [0.2, 0.25) is 0 Å². The zero-order valence-corrected chi connectivity index (χ0v) is 27.5. The Hall–Kier alpha value is -1.25. The summed E-state index contributed by atoms with van der Waals surface area (Å²) in [5.41, 5.74) is 0. The molecule has 0 aromatic rings. The van der Waals surface area contributed by atoms with Crippen LogP contribution in [0, 0.1) is 0 Å². The standard InChI is InChI=1S/C29H51NO19/c1-5-6-42-28-24(21(40)15(34)9(2)43-28)48-29-25(49-26-14(30-11(4)33)19(38)17(36)12(7-31)45-26)23(16(35)10(3)44-29)47-27-22(41)20(39)18(37)13(8-32)46-27/h9-10,12-29,31-32,34-41H,5-8H2,1-4H3,(H,30,33)/t9?,10-,12+,13+,14+,15-,16-,17+,18+,19+,20-,21+,22+,23+,24+,25+,26-,27+,28+,29-/m0/s1. The van der Waals surface area contributed by atoms with Gasteiger partial charge in [0.1, 0.15) is 85.4 Å². The number of carbonyl (C=O) groups is 1. The average Bonchev–Trinajstić information content (AvgIpc) is 3.07. The van der Waals surface area contributed by atoms with Gasteiger partial charge >= 0.3 is 0 Å². The van der Waals surface area contributed by atoms with Crippen LogP contribution in [0.1, 0.15) is 34.1 Å². The Kier molecular flexibility index (Phi) is 14.5. The number of hydrogen-bond acceptors (Lipinski definition) is 19. The van der Waals surface area contributed by atoms with Crippen LogP contribution in [0.3, 0.4) is 0 Å². The summed E-state index contributed by atoms with van der Waals surface area (Å²) in [4.78, 5) is 12.1. The van der Waals surface area contributed by atoms with E-state index in [2.05, 4.69) is 5.32 Å². The lowest BCUT2D eigenvalue weighted by Gasteiger charge is -2.50. The second-order valence-corrected chi connectivity index (χ2v) is 12.7. The van der Waals surface area contributed by atoms with Crippen molar-refractivity contribution in [1.82, 2.24) is 5.32 Å². The van der Waals surface area contributed by atoms with Gasteiger partial charge < -0.3 is 94.3 Å². The molecule has 0 spiro atoms. The first kappa shape index (κ1) is 40.5.